The molecule has 6 N–H and O–H groups in total. The first kappa shape index (κ1) is 31.8. The van der Waals surface area contributed by atoms with Gasteiger partial charge in [-0.25, -0.2) is 16.8 Å². The number of nitrogens with one attached hydrogen (secondary N) is 4. The molecule has 2 aromatic rings. The lowest BCUT2D eigenvalue weighted by atomic mass is 10.1. The summed E-state index contributed by atoms with van der Waals surface area (Å²) in [7, 11) is -6.51. The van der Waals surface area contributed by atoms with Crippen LogP contribution in [0.3, 0.4) is 0 Å². The topological polar surface area (TPSA) is 157 Å². The molecule has 0 aliphatic carbocycles. The predicted molar refractivity (Wildman–Crippen MR) is 146 cm³/mol. The standard InChI is InChI=1S/2C12H20N2O3S/c2*1-9(2)13-8-12(15)10-4-6-11(7-5-10)14-18(3,16)17/h2*4-7,9,12-15H,8H2,1-3H3. The van der Waals surface area contributed by atoms with Gasteiger partial charge in [-0.05, 0) is 35.4 Å². The van der Waals surface area contributed by atoms with Crippen LogP contribution in [-0.4, -0.2) is 64.7 Å². The summed E-state index contributed by atoms with van der Waals surface area (Å²) in [6.07, 6.45) is 1.00. The van der Waals surface area contributed by atoms with Gasteiger partial charge in [-0.3, -0.25) is 9.44 Å². The van der Waals surface area contributed by atoms with Gasteiger partial charge in [0, 0.05) is 36.5 Å². The predicted octanol–water partition coefficient (Wildman–Crippen LogP) is 2.18. The van der Waals surface area contributed by atoms with Crippen LogP contribution in [0.2, 0.25) is 0 Å². The lowest BCUT2D eigenvalue weighted by Crippen LogP contribution is -2.27. The zero-order valence-electron chi connectivity index (χ0n) is 21.7. The van der Waals surface area contributed by atoms with E-state index in [2.05, 4.69) is 20.1 Å². The fraction of sp³-hybridized carbons (Fsp3) is 0.500. The highest BCUT2D eigenvalue weighted by Gasteiger charge is 2.10. The summed E-state index contributed by atoms with van der Waals surface area (Å²) in [5, 5.41) is 26.1. The van der Waals surface area contributed by atoms with Crippen molar-refractivity contribution in [2.24, 2.45) is 0 Å². The van der Waals surface area contributed by atoms with Crippen molar-refractivity contribution < 1.29 is 27.0 Å². The summed E-state index contributed by atoms with van der Waals surface area (Å²) in [4.78, 5) is 0. The van der Waals surface area contributed by atoms with Gasteiger partial charge >= 0.3 is 0 Å². The molecule has 2 rings (SSSR count). The second kappa shape index (κ2) is 14.5. The molecule has 2 unspecified atom stereocenters. The number of rotatable bonds is 12. The Balaban J connectivity index is 0.000000360. The molecule has 0 radical (unpaired) electrons. The smallest absolute Gasteiger partial charge is 0.229 e. The molecule has 0 aliphatic rings. The van der Waals surface area contributed by atoms with E-state index in [4.69, 9.17) is 0 Å². The molecule has 0 saturated carbocycles. The minimum atomic E-state index is -3.26. The van der Waals surface area contributed by atoms with Gasteiger partial charge in [0.05, 0.1) is 24.7 Å². The van der Waals surface area contributed by atoms with Gasteiger partial charge in [0.25, 0.3) is 0 Å². The normalized spacial score (nSPS) is 13.6. The van der Waals surface area contributed by atoms with E-state index in [0.717, 1.165) is 23.6 Å². The van der Waals surface area contributed by atoms with Gasteiger partial charge in [0.15, 0.2) is 0 Å². The molecule has 0 aromatic heterocycles. The lowest BCUT2D eigenvalue weighted by molar-refractivity contribution is 0.171. The van der Waals surface area contributed by atoms with E-state index >= 15 is 0 Å². The Labute approximate surface area is 215 Å². The largest absolute Gasteiger partial charge is 0.387 e. The average Bonchev–Trinajstić information content (AvgIpc) is 2.75. The molecule has 2 atom stereocenters. The molecule has 12 heteroatoms. The quantitative estimate of drug-likeness (QED) is 0.237. The van der Waals surface area contributed by atoms with Crippen LogP contribution in [0.5, 0.6) is 0 Å². The van der Waals surface area contributed by atoms with E-state index in [1.165, 1.54) is 0 Å². The fourth-order valence-electron chi connectivity index (χ4n) is 2.91. The maximum atomic E-state index is 11.0. The Kier molecular flexibility index (Phi) is 12.8. The Morgan fingerprint density at radius 2 is 0.889 bits per heavy atom. The van der Waals surface area contributed by atoms with Gasteiger partial charge < -0.3 is 20.8 Å². The first-order valence-corrected chi connectivity index (χ1v) is 15.3. The minimum absolute atomic E-state index is 0.311. The van der Waals surface area contributed by atoms with Crippen molar-refractivity contribution in [1.82, 2.24) is 10.6 Å². The van der Waals surface area contributed by atoms with Gasteiger partial charge in [0.2, 0.25) is 20.0 Å². The first-order valence-electron chi connectivity index (χ1n) is 11.5. The van der Waals surface area contributed by atoms with Crippen molar-refractivity contribution in [3.05, 3.63) is 59.7 Å². The van der Waals surface area contributed by atoms with Crippen LogP contribution < -0.4 is 20.1 Å². The Morgan fingerprint density at radius 3 is 1.11 bits per heavy atom. The summed E-state index contributed by atoms with van der Waals surface area (Å²) in [6, 6.07) is 14.0. The van der Waals surface area contributed by atoms with Crippen LogP contribution in [-0.2, 0) is 20.0 Å². The van der Waals surface area contributed by atoms with E-state index in [9.17, 15) is 27.0 Å². The molecule has 2 aromatic carbocycles. The van der Waals surface area contributed by atoms with Crippen LogP contribution in [0.1, 0.15) is 51.0 Å². The second-order valence-corrected chi connectivity index (χ2v) is 12.6. The number of benzene rings is 2. The third-order valence-electron chi connectivity index (χ3n) is 4.64. The van der Waals surface area contributed by atoms with Crippen molar-refractivity contribution in [2.75, 3.05) is 35.0 Å². The van der Waals surface area contributed by atoms with Gasteiger partial charge in [-0.1, -0.05) is 52.0 Å². The maximum absolute atomic E-state index is 11.0. The molecular formula is C24H40N4O6S2. The van der Waals surface area contributed by atoms with Crippen molar-refractivity contribution in [3.63, 3.8) is 0 Å². The van der Waals surface area contributed by atoms with Crippen LogP contribution >= 0.6 is 0 Å². The van der Waals surface area contributed by atoms with Crippen molar-refractivity contribution >= 4 is 31.4 Å². The number of sulfonamides is 2. The van der Waals surface area contributed by atoms with E-state index < -0.39 is 32.3 Å². The third-order valence-corrected chi connectivity index (χ3v) is 5.85. The molecule has 36 heavy (non-hydrogen) atoms. The van der Waals surface area contributed by atoms with Crippen molar-refractivity contribution in [1.29, 1.82) is 0 Å². The third kappa shape index (κ3) is 14.4. The average molecular weight is 545 g/mol. The zero-order valence-corrected chi connectivity index (χ0v) is 23.3. The molecule has 0 fully saturated rings. The molecule has 0 bridgehead atoms. The molecule has 0 spiro atoms. The molecule has 10 nitrogen and oxygen atoms in total. The van der Waals surface area contributed by atoms with E-state index in [1.807, 2.05) is 27.7 Å². The van der Waals surface area contributed by atoms with Crippen molar-refractivity contribution in [2.45, 2.75) is 52.0 Å². The van der Waals surface area contributed by atoms with Gasteiger partial charge in [0.1, 0.15) is 0 Å². The Bertz CT molecular complexity index is 1030. The Morgan fingerprint density at radius 1 is 0.611 bits per heavy atom. The van der Waals surface area contributed by atoms with Gasteiger partial charge in [-0.2, -0.15) is 0 Å². The SMILES string of the molecule is CC(C)NCC(O)c1ccc(NS(C)(=O)=O)cc1.CC(C)NCC(O)c1ccc(NS(C)(=O)=O)cc1. The minimum Gasteiger partial charge on any atom is -0.387 e. The highest BCUT2D eigenvalue weighted by molar-refractivity contribution is 7.92. The van der Waals surface area contributed by atoms with Crippen molar-refractivity contribution in [3.8, 4) is 0 Å². The van der Waals surface area contributed by atoms with E-state index in [1.54, 1.807) is 48.5 Å². The van der Waals surface area contributed by atoms with Crippen LogP contribution in [0, 0.1) is 0 Å². The number of aliphatic hydroxyl groups is 2. The summed E-state index contributed by atoms with van der Waals surface area (Å²) < 4.78 is 48.9. The molecule has 0 saturated heterocycles. The number of anilines is 2. The molecule has 0 aliphatic heterocycles. The number of hydrogen-bond acceptors (Lipinski definition) is 8. The lowest BCUT2D eigenvalue weighted by Gasteiger charge is -2.14. The summed E-state index contributed by atoms with van der Waals surface area (Å²) >= 11 is 0. The van der Waals surface area contributed by atoms with Crippen LogP contribution in [0.25, 0.3) is 0 Å². The Hall–Kier alpha value is -2.22. The summed E-state index contributed by atoms with van der Waals surface area (Å²) in [5.41, 5.74) is 2.49. The fourth-order valence-corrected chi connectivity index (χ4v) is 4.03. The molecule has 0 amide bonds. The monoisotopic (exact) mass is 544 g/mol. The zero-order chi connectivity index (χ0) is 27.5. The number of aliphatic hydroxyl groups excluding tert-OH is 2. The van der Waals surface area contributed by atoms with Crippen LogP contribution in [0.15, 0.2) is 48.5 Å². The van der Waals surface area contributed by atoms with E-state index in [0.29, 0.717) is 36.5 Å². The molecule has 0 heterocycles. The van der Waals surface area contributed by atoms with Gasteiger partial charge in [-0.15, -0.1) is 0 Å². The first-order chi connectivity index (χ1) is 16.6. The highest BCUT2D eigenvalue weighted by atomic mass is 32.2. The second-order valence-electron chi connectivity index (χ2n) is 9.15. The summed E-state index contributed by atoms with van der Waals surface area (Å²) in [5.74, 6) is 0. The summed E-state index contributed by atoms with van der Waals surface area (Å²) in [6.45, 7) is 8.96. The molecule has 204 valence electrons. The highest BCUT2D eigenvalue weighted by Crippen LogP contribution is 2.17. The van der Waals surface area contributed by atoms with E-state index in [-0.39, 0.29) is 0 Å². The maximum Gasteiger partial charge on any atom is 0.229 e. The molecular weight excluding hydrogens is 504 g/mol. The van der Waals surface area contributed by atoms with Crippen LogP contribution in [0.4, 0.5) is 11.4 Å². The number of hydrogen-bond donors (Lipinski definition) is 6.